The van der Waals surface area contributed by atoms with Crippen LogP contribution in [0.2, 0.25) is 0 Å². The van der Waals surface area contributed by atoms with Crippen LogP contribution in [0.4, 0.5) is 17.3 Å². The van der Waals surface area contributed by atoms with E-state index in [1.54, 1.807) is 0 Å². The smallest absolute Gasteiger partial charge is 0.183 e. The molecule has 8 heteroatoms. The number of aryl methyl sites for hydroxylation is 1. The zero-order valence-electron chi connectivity index (χ0n) is 15.5. The number of H-pyrrole nitrogens is 1. The number of piperidine rings is 1. The van der Waals surface area contributed by atoms with Crippen LogP contribution in [0.3, 0.4) is 0 Å². The van der Waals surface area contributed by atoms with Crippen LogP contribution in [0.15, 0.2) is 24.5 Å². The van der Waals surface area contributed by atoms with Crippen LogP contribution in [0.5, 0.6) is 0 Å². The summed E-state index contributed by atoms with van der Waals surface area (Å²) in [7, 11) is 0. The highest BCUT2D eigenvalue weighted by Gasteiger charge is 2.27. The topological polar surface area (TPSA) is 99.9 Å². The monoisotopic (exact) mass is 364 g/mol. The average Bonchev–Trinajstić information content (AvgIpc) is 3.10. The molecule has 2 aliphatic rings. The first kappa shape index (κ1) is 16.4. The van der Waals surface area contributed by atoms with Gasteiger partial charge in [-0.15, -0.1) is 0 Å². The lowest BCUT2D eigenvalue weighted by Crippen LogP contribution is -2.46. The van der Waals surface area contributed by atoms with E-state index in [4.69, 9.17) is 15.7 Å². The number of hydrogen-bond donors (Lipinski definition) is 2. The van der Waals surface area contributed by atoms with E-state index in [0.29, 0.717) is 6.04 Å². The van der Waals surface area contributed by atoms with Gasteiger partial charge in [-0.1, -0.05) is 0 Å². The summed E-state index contributed by atoms with van der Waals surface area (Å²) < 4.78 is 0. The third-order valence-corrected chi connectivity index (χ3v) is 5.66. The third kappa shape index (κ3) is 2.80. The normalized spacial score (nSPS) is 22.9. The van der Waals surface area contributed by atoms with Gasteiger partial charge in [0, 0.05) is 31.4 Å². The number of pyridine rings is 1. The molecule has 0 radical (unpaired) electrons. The number of aromatic amines is 1. The number of nitrogens with zero attached hydrogens (tertiary/aromatic N) is 6. The van der Waals surface area contributed by atoms with Crippen LogP contribution in [-0.2, 0) is 6.42 Å². The van der Waals surface area contributed by atoms with Crippen molar-refractivity contribution >= 4 is 28.5 Å². The van der Waals surface area contributed by atoms with Gasteiger partial charge in [-0.05, 0) is 44.7 Å². The maximum atomic E-state index is 6.09. The fourth-order valence-electron chi connectivity index (χ4n) is 4.27. The summed E-state index contributed by atoms with van der Waals surface area (Å²) in [6.45, 7) is 4.01. The first-order valence-electron chi connectivity index (χ1n) is 9.65. The van der Waals surface area contributed by atoms with Crippen molar-refractivity contribution < 1.29 is 0 Å². The molecule has 2 aliphatic heterocycles. The van der Waals surface area contributed by atoms with E-state index < -0.39 is 0 Å². The predicted molar refractivity (Wildman–Crippen MR) is 105 cm³/mol. The third-order valence-electron chi connectivity index (χ3n) is 5.66. The number of rotatable bonds is 2. The molecule has 27 heavy (non-hydrogen) atoms. The molecule has 5 heterocycles. The maximum absolute atomic E-state index is 6.09. The van der Waals surface area contributed by atoms with Crippen molar-refractivity contribution in [3.63, 3.8) is 0 Å². The molecule has 3 N–H and O–H groups in total. The molecule has 2 atom stereocenters. The summed E-state index contributed by atoms with van der Waals surface area (Å²) in [5, 5.41) is 7.63. The minimum Gasteiger partial charge on any atom is -0.352 e. The van der Waals surface area contributed by atoms with Crippen LogP contribution >= 0.6 is 0 Å². The average molecular weight is 364 g/mol. The summed E-state index contributed by atoms with van der Waals surface area (Å²) >= 11 is 0. The number of aromatic nitrogens is 5. The Morgan fingerprint density at radius 3 is 3.07 bits per heavy atom. The fraction of sp³-hybridized carbons (Fsp3) is 0.474. The van der Waals surface area contributed by atoms with E-state index >= 15 is 0 Å². The number of fused-ring (bicyclic) bond motifs is 2. The minimum absolute atomic E-state index is 0.277. The van der Waals surface area contributed by atoms with E-state index in [-0.39, 0.29) is 6.04 Å². The summed E-state index contributed by atoms with van der Waals surface area (Å²) in [6.07, 6.45) is 7.72. The second-order valence-electron chi connectivity index (χ2n) is 7.52. The van der Waals surface area contributed by atoms with Crippen molar-refractivity contribution in [2.24, 2.45) is 5.73 Å². The predicted octanol–water partition coefficient (Wildman–Crippen LogP) is 2.15. The van der Waals surface area contributed by atoms with Crippen LogP contribution in [-0.4, -0.2) is 50.3 Å². The number of nitrogens with one attached hydrogen (secondary N) is 1. The molecule has 1 unspecified atom stereocenters. The Labute approximate surface area is 157 Å². The SMILES string of the molecule is C[C@@H]1CC(N)CCN1c1cnc2c(N3CCCc4ncccc43)n[nH]c2n1. The molecule has 1 fully saturated rings. The van der Waals surface area contributed by atoms with Crippen LogP contribution in [0, 0.1) is 0 Å². The number of hydrogen-bond acceptors (Lipinski definition) is 7. The number of nitrogens with two attached hydrogens (primary N) is 1. The lowest BCUT2D eigenvalue weighted by molar-refractivity contribution is 0.427. The molecule has 0 amide bonds. The number of anilines is 3. The van der Waals surface area contributed by atoms with E-state index in [9.17, 15) is 0 Å². The van der Waals surface area contributed by atoms with Gasteiger partial charge >= 0.3 is 0 Å². The molecule has 0 saturated carbocycles. The Kier molecular flexibility index (Phi) is 3.93. The van der Waals surface area contributed by atoms with E-state index in [1.807, 2.05) is 18.5 Å². The standard InChI is InChI=1S/C19H24N8/c1-12-10-13(20)6-9-26(12)16-11-22-17-18(23-16)24-25-19(17)27-8-3-4-14-15(27)5-2-7-21-14/h2,5,7,11-13H,3-4,6,8-10,20H2,1H3,(H,23,24,25)/t12-,13?/m1/s1. The highest BCUT2D eigenvalue weighted by molar-refractivity contribution is 5.87. The summed E-state index contributed by atoms with van der Waals surface area (Å²) in [5.74, 6) is 1.71. The molecule has 140 valence electrons. The van der Waals surface area contributed by atoms with Crippen LogP contribution < -0.4 is 15.5 Å². The Hall–Kier alpha value is -2.74. The molecular weight excluding hydrogens is 340 g/mol. The molecule has 3 aromatic rings. The van der Waals surface area contributed by atoms with Gasteiger partial charge < -0.3 is 15.5 Å². The molecule has 5 rings (SSSR count). The maximum Gasteiger partial charge on any atom is 0.183 e. The zero-order valence-corrected chi connectivity index (χ0v) is 15.5. The highest BCUT2D eigenvalue weighted by atomic mass is 15.3. The van der Waals surface area contributed by atoms with Crippen molar-refractivity contribution in [3.05, 3.63) is 30.2 Å². The van der Waals surface area contributed by atoms with Crippen molar-refractivity contribution in [1.29, 1.82) is 0 Å². The lowest BCUT2D eigenvalue weighted by atomic mass is 9.99. The molecule has 0 spiro atoms. The van der Waals surface area contributed by atoms with Crippen LogP contribution in [0.25, 0.3) is 11.2 Å². The molecule has 1 saturated heterocycles. The lowest BCUT2D eigenvalue weighted by Gasteiger charge is -2.37. The van der Waals surface area contributed by atoms with Crippen molar-refractivity contribution in [3.8, 4) is 0 Å². The first-order valence-corrected chi connectivity index (χ1v) is 9.65. The van der Waals surface area contributed by atoms with E-state index in [0.717, 1.165) is 73.0 Å². The molecule has 0 aromatic carbocycles. The van der Waals surface area contributed by atoms with Crippen molar-refractivity contribution in [1.82, 2.24) is 25.1 Å². The van der Waals surface area contributed by atoms with Gasteiger partial charge in [-0.25, -0.2) is 9.97 Å². The Bertz CT molecular complexity index is 967. The fourth-order valence-corrected chi connectivity index (χ4v) is 4.27. The summed E-state index contributed by atoms with van der Waals surface area (Å²) in [5.41, 5.74) is 9.84. The summed E-state index contributed by atoms with van der Waals surface area (Å²) in [6, 6.07) is 4.71. The molecule has 0 bridgehead atoms. The first-order chi connectivity index (χ1) is 13.2. The van der Waals surface area contributed by atoms with Gasteiger partial charge in [0.1, 0.15) is 5.82 Å². The molecule has 3 aromatic heterocycles. The van der Waals surface area contributed by atoms with E-state index in [1.165, 1.54) is 0 Å². The minimum atomic E-state index is 0.277. The largest absolute Gasteiger partial charge is 0.352 e. The Morgan fingerprint density at radius 2 is 2.19 bits per heavy atom. The van der Waals surface area contributed by atoms with Gasteiger partial charge in [-0.3, -0.25) is 10.1 Å². The quantitative estimate of drug-likeness (QED) is 0.718. The summed E-state index contributed by atoms with van der Waals surface area (Å²) in [4.78, 5) is 18.5. The van der Waals surface area contributed by atoms with Gasteiger partial charge in [0.2, 0.25) is 0 Å². The van der Waals surface area contributed by atoms with Crippen molar-refractivity contribution in [2.75, 3.05) is 22.9 Å². The van der Waals surface area contributed by atoms with Gasteiger partial charge in [-0.2, -0.15) is 5.10 Å². The molecule has 8 nitrogen and oxygen atoms in total. The zero-order chi connectivity index (χ0) is 18.4. The molecule has 0 aliphatic carbocycles. The second-order valence-corrected chi connectivity index (χ2v) is 7.52. The Morgan fingerprint density at radius 1 is 1.26 bits per heavy atom. The molecular formula is C19H24N8. The van der Waals surface area contributed by atoms with E-state index in [2.05, 4.69) is 38.0 Å². The Balaban J connectivity index is 1.50. The highest BCUT2D eigenvalue weighted by Crippen LogP contribution is 2.34. The van der Waals surface area contributed by atoms with Crippen molar-refractivity contribution in [2.45, 2.75) is 44.7 Å². The second kappa shape index (κ2) is 6.45. The van der Waals surface area contributed by atoms with Crippen LogP contribution in [0.1, 0.15) is 31.9 Å². The van der Waals surface area contributed by atoms with Gasteiger partial charge in [0.15, 0.2) is 17.0 Å². The van der Waals surface area contributed by atoms with Gasteiger partial charge in [0.25, 0.3) is 0 Å². The van der Waals surface area contributed by atoms with Gasteiger partial charge in [0.05, 0.1) is 17.6 Å².